The Morgan fingerprint density at radius 2 is 1.08 bits per heavy atom. The third-order valence-electron chi connectivity index (χ3n) is 3.94. The van der Waals surface area contributed by atoms with E-state index in [9.17, 15) is 0 Å². The maximum absolute atomic E-state index is 5.71. The number of hydrogen-bond donors (Lipinski definition) is 0. The molecule has 0 bridgehead atoms. The highest BCUT2D eigenvalue weighted by molar-refractivity contribution is 5.63. The fourth-order valence-corrected chi connectivity index (χ4v) is 2.58. The van der Waals surface area contributed by atoms with Crippen molar-refractivity contribution in [3.05, 3.63) is 90.5 Å². The average molecular weight is 348 g/mol. The highest BCUT2D eigenvalue weighted by Crippen LogP contribution is 2.21. The van der Waals surface area contributed by atoms with Crippen molar-refractivity contribution in [2.45, 2.75) is 6.61 Å². The van der Waals surface area contributed by atoms with E-state index in [4.69, 9.17) is 14.2 Å². The molecule has 3 aromatic rings. The van der Waals surface area contributed by atoms with Crippen LogP contribution in [0.5, 0.6) is 5.75 Å². The van der Waals surface area contributed by atoms with Gasteiger partial charge in [0.1, 0.15) is 12.4 Å². The third-order valence-corrected chi connectivity index (χ3v) is 3.94. The van der Waals surface area contributed by atoms with E-state index in [1.165, 1.54) is 16.7 Å². The van der Waals surface area contributed by atoms with Crippen LogP contribution in [0, 0.1) is 0 Å². The van der Waals surface area contributed by atoms with E-state index in [-0.39, 0.29) is 0 Å². The van der Waals surface area contributed by atoms with Crippen LogP contribution in [0.3, 0.4) is 0 Å². The van der Waals surface area contributed by atoms with Crippen LogP contribution in [0.25, 0.3) is 11.1 Å². The van der Waals surface area contributed by atoms with Gasteiger partial charge in [-0.15, -0.1) is 0 Å². The van der Waals surface area contributed by atoms with Crippen LogP contribution in [0.15, 0.2) is 84.9 Å². The average Bonchev–Trinajstić information content (AvgIpc) is 2.72. The second-order valence-corrected chi connectivity index (χ2v) is 5.89. The van der Waals surface area contributed by atoms with Crippen molar-refractivity contribution < 1.29 is 14.2 Å². The van der Waals surface area contributed by atoms with Crippen molar-refractivity contribution in [3.8, 4) is 16.9 Å². The molecule has 0 radical (unpaired) electrons. The minimum absolute atomic E-state index is 0.531. The number of benzene rings is 3. The summed E-state index contributed by atoms with van der Waals surface area (Å²) >= 11 is 0. The summed E-state index contributed by atoms with van der Waals surface area (Å²) in [5, 5.41) is 0. The molecule has 3 nitrogen and oxygen atoms in total. The van der Waals surface area contributed by atoms with Gasteiger partial charge in [-0.2, -0.15) is 0 Å². The second-order valence-electron chi connectivity index (χ2n) is 5.89. The Labute approximate surface area is 155 Å². The lowest BCUT2D eigenvalue weighted by molar-refractivity contribution is 0.0303. The first-order chi connectivity index (χ1) is 12.9. The lowest BCUT2D eigenvalue weighted by Gasteiger charge is -2.09. The molecule has 3 aromatic carbocycles. The van der Waals surface area contributed by atoms with Crippen LogP contribution in [-0.4, -0.2) is 26.4 Å². The van der Waals surface area contributed by atoms with E-state index in [2.05, 4.69) is 36.4 Å². The monoisotopic (exact) mass is 348 g/mol. The Morgan fingerprint density at radius 3 is 1.81 bits per heavy atom. The van der Waals surface area contributed by atoms with Gasteiger partial charge < -0.3 is 14.2 Å². The normalized spacial score (nSPS) is 10.6. The number of rotatable bonds is 10. The van der Waals surface area contributed by atoms with E-state index >= 15 is 0 Å². The molecule has 0 aliphatic carbocycles. The molecule has 0 atom stereocenters. The molecule has 0 aliphatic rings. The van der Waals surface area contributed by atoms with Crippen molar-refractivity contribution in [1.29, 1.82) is 0 Å². The molecule has 0 fully saturated rings. The van der Waals surface area contributed by atoms with Gasteiger partial charge in [0.15, 0.2) is 0 Å². The summed E-state index contributed by atoms with van der Waals surface area (Å²) in [4.78, 5) is 0. The smallest absolute Gasteiger partial charge is 0.119 e. The van der Waals surface area contributed by atoms with Crippen LogP contribution in [0.2, 0.25) is 0 Å². The lowest BCUT2D eigenvalue weighted by Crippen LogP contribution is -2.10. The zero-order valence-electron chi connectivity index (χ0n) is 14.8. The molecule has 0 heterocycles. The maximum Gasteiger partial charge on any atom is 0.119 e. The zero-order chi connectivity index (χ0) is 17.9. The quantitative estimate of drug-likeness (QED) is 0.484. The molecule has 3 heteroatoms. The molecule has 0 unspecified atom stereocenters. The van der Waals surface area contributed by atoms with Gasteiger partial charge in [-0.05, 0) is 28.8 Å². The summed E-state index contributed by atoms with van der Waals surface area (Å²) in [5.74, 6) is 0.855. The van der Waals surface area contributed by atoms with Crippen LogP contribution in [0.4, 0.5) is 0 Å². The molecule has 0 saturated carbocycles. The molecule has 26 heavy (non-hydrogen) atoms. The predicted molar refractivity (Wildman–Crippen MR) is 104 cm³/mol. The SMILES string of the molecule is c1ccc(COCCOCCOc2ccc(-c3ccccc3)cc2)cc1. The molecule has 0 spiro atoms. The summed E-state index contributed by atoms with van der Waals surface area (Å²) < 4.78 is 16.8. The van der Waals surface area contributed by atoms with E-state index in [0.717, 1.165) is 5.75 Å². The Morgan fingerprint density at radius 1 is 0.500 bits per heavy atom. The minimum atomic E-state index is 0.531. The van der Waals surface area contributed by atoms with E-state index in [0.29, 0.717) is 33.0 Å². The molecule has 0 amide bonds. The molecule has 3 rings (SSSR count). The highest BCUT2D eigenvalue weighted by Gasteiger charge is 1.98. The summed E-state index contributed by atoms with van der Waals surface area (Å²) in [5.41, 5.74) is 3.57. The molecule has 0 saturated heterocycles. The first-order valence-electron chi connectivity index (χ1n) is 8.89. The van der Waals surface area contributed by atoms with Crippen molar-refractivity contribution in [2.75, 3.05) is 26.4 Å². The van der Waals surface area contributed by atoms with Gasteiger partial charge in [0.25, 0.3) is 0 Å². The first-order valence-corrected chi connectivity index (χ1v) is 8.89. The Bertz CT molecular complexity index is 739. The molecular weight excluding hydrogens is 324 g/mol. The van der Waals surface area contributed by atoms with Crippen molar-refractivity contribution in [1.82, 2.24) is 0 Å². The maximum atomic E-state index is 5.71. The van der Waals surface area contributed by atoms with Crippen molar-refractivity contribution >= 4 is 0 Å². The second kappa shape index (κ2) is 10.4. The number of hydrogen-bond acceptors (Lipinski definition) is 3. The van der Waals surface area contributed by atoms with Crippen LogP contribution in [0.1, 0.15) is 5.56 Å². The van der Waals surface area contributed by atoms with Crippen LogP contribution < -0.4 is 4.74 Å². The van der Waals surface area contributed by atoms with Crippen LogP contribution >= 0.6 is 0 Å². The lowest BCUT2D eigenvalue weighted by atomic mass is 10.1. The summed E-state index contributed by atoms with van der Waals surface area (Å²) in [6, 6.07) is 28.6. The summed E-state index contributed by atoms with van der Waals surface area (Å²) in [6.45, 7) is 2.86. The van der Waals surface area contributed by atoms with Gasteiger partial charge >= 0.3 is 0 Å². The highest BCUT2D eigenvalue weighted by atomic mass is 16.5. The van der Waals surface area contributed by atoms with Crippen LogP contribution in [-0.2, 0) is 16.1 Å². The first kappa shape index (κ1) is 18.2. The Balaban J connectivity index is 1.27. The van der Waals surface area contributed by atoms with E-state index in [1.807, 2.05) is 48.5 Å². The summed E-state index contributed by atoms with van der Waals surface area (Å²) in [7, 11) is 0. The fourth-order valence-electron chi connectivity index (χ4n) is 2.58. The fraction of sp³-hybridized carbons (Fsp3) is 0.217. The van der Waals surface area contributed by atoms with E-state index in [1.54, 1.807) is 0 Å². The largest absolute Gasteiger partial charge is 0.491 e. The van der Waals surface area contributed by atoms with Crippen molar-refractivity contribution in [2.24, 2.45) is 0 Å². The van der Waals surface area contributed by atoms with Gasteiger partial charge in [0, 0.05) is 0 Å². The van der Waals surface area contributed by atoms with Gasteiger partial charge in [0.2, 0.25) is 0 Å². The number of ether oxygens (including phenoxy) is 3. The molecule has 0 aromatic heterocycles. The van der Waals surface area contributed by atoms with Crippen molar-refractivity contribution in [3.63, 3.8) is 0 Å². The third kappa shape index (κ3) is 6.03. The minimum Gasteiger partial charge on any atom is -0.491 e. The predicted octanol–water partition coefficient (Wildman–Crippen LogP) is 4.97. The standard InChI is InChI=1S/C23H24O3/c1-3-7-20(8-4-1)19-25-16-15-24-17-18-26-23-13-11-22(12-14-23)21-9-5-2-6-10-21/h1-14H,15-19H2. The summed E-state index contributed by atoms with van der Waals surface area (Å²) in [6.07, 6.45) is 0. The van der Waals surface area contributed by atoms with Gasteiger partial charge in [0.05, 0.1) is 26.4 Å². The molecular formula is C23H24O3. The molecule has 0 N–H and O–H groups in total. The zero-order valence-corrected chi connectivity index (χ0v) is 14.8. The molecule has 134 valence electrons. The van der Waals surface area contributed by atoms with Gasteiger partial charge in [-0.3, -0.25) is 0 Å². The molecule has 0 aliphatic heterocycles. The topological polar surface area (TPSA) is 27.7 Å². The van der Waals surface area contributed by atoms with Gasteiger partial charge in [-0.25, -0.2) is 0 Å². The Hall–Kier alpha value is -2.62. The Kier molecular flexibility index (Phi) is 7.26. The van der Waals surface area contributed by atoms with E-state index < -0.39 is 0 Å². The van der Waals surface area contributed by atoms with Gasteiger partial charge in [-0.1, -0.05) is 72.8 Å².